The molecule has 2 aliphatic heterocycles. The lowest BCUT2D eigenvalue weighted by Crippen LogP contribution is -2.55. The van der Waals surface area contributed by atoms with Crippen LogP contribution >= 0.6 is 0 Å². The molecular formula is C19H29N5O. The molecule has 0 radical (unpaired) electrons. The second kappa shape index (κ2) is 7.68. The lowest BCUT2D eigenvalue weighted by Gasteiger charge is -2.45. The molecule has 6 heteroatoms. The highest BCUT2D eigenvalue weighted by molar-refractivity contribution is 5.78. The van der Waals surface area contributed by atoms with Crippen molar-refractivity contribution in [1.82, 2.24) is 19.8 Å². The molecule has 1 aromatic heterocycles. The number of carbonyl (C=O) groups is 1. The van der Waals surface area contributed by atoms with E-state index in [4.69, 9.17) is 0 Å². The summed E-state index contributed by atoms with van der Waals surface area (Å²) in [7, 11) is 0. The fourth-order valence-electron chi connectivity index (χ4n) is 4.78. The third-order valence-corrected chi connectivity index (χ3v) is 6.13. The molecule has 1 aromatic rings. The van der Waals surface area contributed by atoms with Crippen LogP contribution in [0.3, 0.4) is 0 Å². The summed E-state index contributed by atoms with van der Waals surface area (Å²) < 4.78 is 0. The number of amides is 1. The third kappa shape index (κ3) is 3.78. The smallest absolute Gasteiger partial charge is 0.237 e. The molecule has 3 fully saturated rings. The van der Waals surface area contributed by atoms with Crippen molar-refractivity contribution in [1.29, 1.82) is 0 Å². The van der Waals surface area contributed by atoms with Crippen molar-refractivity contribution in [3.8, 4) is 0 Å². The second-order valence-electron chi connectivity index (χ2n) is 7.65. The molecule has 136 valence electrons. The average Bonchev–Trinajstić information content (AvgIpc) is 2.69. The molecule has 3 heterocycles. The molecule has 1 amide bonds. The van der Waals surface area contributed by atoms with Crippen LogP contribution in [-0.2, 0) is 4.79 Å². The molecule has 0 aromatic carbocycles. The maximum atomic E-state index is 12.9. The molecule has 4 rings (SSSR count). The Hall–Kier alpha value is -1.69. The second-order valence-corrected chi connectivity index (χ2v) is 7.65. The monoisotopic (exact) mass is 343 g/mol. The molecule has 2 atom stereocenters. The summed E-state index contributed by atoms with van der Waals surface area (Å²) in [5.74, 6) is 1.91. The summed E-state index contributed by atoms with van der Waals surface area (Å²) in [6.45, 7) is 5.15. The van der Waals surface area contributed by atoms with Gasteiger partial charge in [0, 0.05) is 51.2 Å². The van der Waals surface area contributed by atoms with Crippen LogP contribution in [0.5, 0.6) is 0 Å². The Bertz CT molecular complexity index is 570. The molecule has 0 spiro atoms. The quantitative estimate of drug-likeness (QED) is 0.837. The van der Waals surface area contributed by atoms with E-state index in [1.54, 1.807) is 12.4 Å². The van der Waals surface area contributed by atoms with E-state index in [1.165, 1.54) is 38.5 Å². The van der Waals surface area contributed by atoms with Crippen LogP contribution in [0.1, 0.15) is 38.5 Å². The third-order valence-electron chi connectivity index (χ3n) is 6.13. The number of piperazine rings is 1. The number of aromatic nitrogens is 2. The minimum atomic E-state index is 0.348. The van der Waals surface area contributed by atoms with Gasteiger partial charge in [0.1, 0.15) is 0 Å². The molecule has 0 unspecified atom stereocenters. The molecule has 2 saturated heterocycles. The van der Waals surface area contributed by atoms with Crippen molar-refractivity contribution in [2.24, 2.45) is 5.92 Å². The van der Waals surface area contributed by atoms with Gasteiger partial charge in [-0.05, 0) is 37.7 Å². The van der Waals surface area contributed by atoms with Gasteiger partial charge < -0.3 is 9.80 Å². The topological polar surface area (TPSA) is 52.6 Å². The number of rotatable bonds is 3. The number of hydrogen-bond acceptors (Lipinski definition) is 5. The first-order chi connectivity index (χ1) is 12.3. The first-order valence-electron chi connectivity index (χ1n) is 9.85. The van der Waals surface area contributed by atoms with Gasteiger partial charge in [0.2, 0.25) is 11.9 Å². The molecular weight excluding hydrogens is 314 g/mol. The van der Waals surface area contributed by atoms with Crippen molar-refractivity contribution >= 4 is 11.9 Å². The fourth-order valence-corrected chi connectivity index (χ4v) is 4.78. The van der Waals surface area contributed by atoms with Gasteiger partial charge in [-0.1, -0.05) is 12.8 Å². The Labute approximate surface area is 150 Å². The maximum absolute atomic E-state index is 12.9. The van der Waals surface area contributed by atoms with Crippen LogP contribution in [-0.4, -0.2) is 71.0 Å². The molecule has 1 aliphatic carbocycles. The minimum Gasteiger partial charge on any atom is -0.338 e. The van der Waals surface area contributed by atoms with Crippen molar-refractivity contribution in [3.63, 3.8) is 0 Å². The van der Waals surface area contributed by atoms with Crippen molar-refractivity contribution in [2.75, 3.05) is 44.2 Å². The Morgan fingerprint density at radius 2 is 1.68 bits per heavy atom. The van der Waals surface area contributed by atoms with Crippen LogP contribution in [0.2, 0.25) is 0 Å². The van der Waals surface area contributed by atoms with Crippen LogP contribution in [0.15, 0.2) is 18.5 Å². The van der Waals surface area contributed by atoms with Gasteiger partial charge in [-0.3, -0.25) is 9.69 Å². The minimum absolute atomic E-state index is 0.348. The summed E-state index contributed by atoms with van der Waals surface area (Å²) in [6.07, 6.45) is 11.3. The number of anilines is 1. The molecule has 0 N–H and O–H groups in total. The van der Waals surface area contributed by atoms with Gasteiger partial charge in [0.25, 0.3) is 0 Å². The zero-order valence-electron chi connectivity index (χ0n) is 15.0. The van der Waals surface area contributed by atoms with Crippen LogP contribution < -0.4 is 4.90 Å². The lowest BCUT2D eigenvalue weighted by atomic mass is 9.78. The molecule has 25 heavy (non-hydrogen) atoms. The molecule has 3 aliphatic rings. The number of hydrogen-bond donors (Lipinski definition) is 0. The Kier molecular flexibility index (Phi) is 5.15. The largest absolute Gasteiger partial charge is 0.338 e. The van der Waals surface area contributed by atoms with E-state index in [-0.39, 0.29) is 0 Å². The maximum Gasteiger partial charge on any atom is 0.237 e. The van der Waals surface area contributed by atoms with Gasteiger partial charge in [0.15, 0.2) is 0 Å². The molecule has 1 saturated carbocycles. The zero-order chi connectivity index (χ0) is 17.1. The van der Waals surface area contributed by atoms with E-state index < -0.39 is 0 Å². The zero-order valence-corrected chi connectivity index (χ0v) is 15.0. The van der Waals surface area contributed by atoms with E-state index in [9.17, 15) is 4.79 Å². The van der Waals surface area contributed by atoms with Gasteiger partial charge >= 0.3 is 0 Å². The predicted molar refractivity (Wildman–Crippen MR) is 97.4 cm³/mol. The number of fused-ring (bicyclic) bond motifs is 1. The summed E-state index contributed by atoms with van der Waals surface area (Å²) in [5.41, 5.74) is 0. The van der Waals surface area contributed by atoms with Crippen molar-refractivity contribution in [3.05, 3.63) is 18.5 Å². The average molecular weight is 343 g/mol. The van der Waals surface area contributed by atoms with Crippen molar-refractivity contribution in [2.45, 2.75) is 44.6 Å². The van der Waals surface area contributed by atoms with Gasteiger partial charge in [-0.15, -0.1) is 0 Å². The summed E-state index contributed by atoms with van der Waals surface area (Å²) in [4.78, 5) is 28.3. The first-order valence-corrected chi connectivity index (χ1v) is 9.85. The Morgan fingerprint density at radius 1 is 0.960 bits per heavy atom. The molecule has 6 nitrogen and oxygen atoms in total. The lowest BCUT2D eigenvalue weighted by molar-refractivity contribution is -0.138. The number of carbonyl (C=O) groups excluding carboxylic acids is 1. The van der Waals surface area contributed by atoms with Crippen LogP contribution in [0.25, 0.3) is 0 Å². The normalized spacial score (nSPS) is 27.8. The van der Waals surface area contributed by atoms with Crippen LogP contribution in [0.4, 0.5) is 5.95 Å². The standard InChI is InChI=1S/C19H29N5O/c25-18(24-10-3-6-16-5-1-2-7-17(16)24)15-22-11-13-23(14-12-22)19-20-8-4-9-21-19/h4,8-9,16-17H,1-3,5-7,10-15H2/t16-,17+/m1/s1. The van der Waals surface area contributed by atoms with Gasteiger partial charge in [-0.25, -0.2) is 9.97 Å². The highest BCUT2D eigenvalue weighted by atomic mass is 16.2. The molecule has 0 bridgehead atoms. The van der Waals surface area contributed by atoms with E-state index in [1.807, 2.05) is 6.07 Å². The Morgan fingerprint density at radius 3 is 2.48 bits per heavy atom. The SMILES string of the molecule is O=C(CN1CCN(c2ncccn2)CC1)N1CCC[C@H]2CCCC[C@@H]21. The summed E-state index contributed by atoms with van der Waals surface area (Å²) >= 11 is 0. The van der Waals surface area contributed by atoms with Crippen molar-refractivity contribution < 1.29 is 4.79 Å². The Balaban J connectivity index is 1.30. The fraction of sp³-hybridized carbons (Fsp3) is 0.737. The highest BCUT2D eigenvalue weighted by Crippen LogP contribution is 2.35. The summed E-state index contributed by atoms with van der Waals surface area (Å²) in [5, 5.41) is 0. The first kappa shape index (κ1) is 16.8. The predicted octanol–water partition coefficient (Wildman–Crippen LogP) is 1.78. The number of piperidine rings is 1. The highest BCUT2D eigenvalue weighted by Gasteiger charge is 2.36. The van der Waals surface area contributed by atoms with E-state index in [0.717, 1.165) is 44.6 Å². The van der Waals surface area contributed by atoms with Crippen LogP contribution in [0, 0.1) is 5.92 Å². The van der Waals surface area contributed by atoms with E-state index in [2.05, 4.69) is 24.7 Å². The summed E-state index contributed by atoms with van der Waals surface area (Å²) in [6, 6.07) is 2.37. The van der Waals surface area contributed by atoms with E-state index >= 15 is 0 Å². The number of nitrogens with zero attached hydrogens (tertiary/aromatic N) is 5. The van der Waals surface area contributed by atoms with E-state index in [0.29, 0.717) is 18.5 Å². The number of likely N-dealkylation sites (tertiary alicyclic amines) is 1. The van der Waals surface area contributed by atoms with Gasteiger partial charge in [-0.2, -0.15) is 0 Å². The van der Waals surface area contributed by atoms with Gasteiger partial charge in [0.05, 0.1) is 6.54 Å².